The van der Waals surface area contributed by atoms with E-state index in [9.17, 15) is 4.79 Å². The molecule has 3 aromatic rings. The van der Waals surface area contributed by atoms with Gasteiger partial charge in [0.05, 0.1) is 19.8 Å². The van der Waals surface area contributed by atoms with Crippen LogP contribution < -0.4 is 19.5 Å². The van der Waals surface area contributed by atoms with Crippen molar-refractivity contribution in [1.29, 1.82) is 0 Å². The maximum absolute atomic E-state index is 13.0. The molecule has 1 atom stereocenters. The van der Waals surface area contributed by atoms with Gasteiger partial charge in [0.15, 0.2) is 11.5 Å². The van der Waals surface area contributed by atoms with E-state index in [0.29, 0.717) is 30.3 Å². The van der Waals surface area contributed by atoms with Crippen molar-refractivity contribution < 1.29 is 19.0 Å². The number of rotatable bonds is 10. The summed E-state index contributed by atoms with van der Waals surface area (Å²) in [7, 11) is 1.63. The Morgan fingerprint density at radius 2 is 1.74 bits per heavy atom. The summed E-state index contributed by atoms with van der Waals surface area (Å²) in [6.07, 6.45) is 4.18. The van der Waals surface area contributed by atoms with Crippen LogP contribution in [-0.2, 0) is 6.61 Å². The van der Waals surface area contributed by atoms with Gasteiger partial charge in [0.25, 0.3) is 5.91 Å². The lowest BCUT2D eigenvalue weighted by atomic mass is 10.0. The summed E-state index contributed by atoms with van der Waals surface area (Å²) in [6.45, 7) is 4.78. The number of carbonyl (C=O) groups is 1. The molecule has 0 spiro atoms. The van der Waals surface area contributed by atoms with Crippen molar-refractivity contribution in [1.82, 2.24) is 10.3 Å². The number of nitrogens with one attached hydrogen (secondary N) is 1. The van der Waals surface area contributed by atoms with Crippen LogP contribution in [0.3, 0.4) is 0 Å². The molecule has 1 aromatic heterocycles. The van der Waals surface area contributed by atoms with Crippen molar-refractivity contribution in [3.8, 4) is 17.2 Å². The number of methoxy groups -OCH3 is 1. The van der Waals surface area contributed by atoms with E-state index in [2.05, 4.69) is 10.3 Å². The van der Waals surface area contributed by atoms with Gasteiger partial charge in [-0.25, -0.2) is 0 Å². The second-order valence-corrected chi connectivity index (χ2v) is 6.91. The molecule has 0 aliphatic heterocycles. The Balaban J connectivity index is 1.76. The zero-order valence-corrected chi connectivity index (χ0v) is 18.1. The van der Waals surface area contributed by atoms with Crippen LogP contribution in [0.1, 0.15) is 47.8 Å². The van der Waals surface area contributed by atoms with Crippen molar-refractivity contribution >= 4 is 5.91 Å². The van der Waals surface area contributed by atoms with E-state index in [-0.39, 0.29) is 11.9 Å². The molecule has 0 radical (unpaired) electrons. The SMILES string of the molecule is CCOc1cc(C(=O)NC(CC)c2ccccc2OC)ccc1OCc1ccncc1. The zero-order chi connectivity index (χ0) is 22.1. The minimum absolute atomic E-state index is 0.165. The fourth-order valence-electron chi connectivity index (χ4n) is 3.27. The van der Waals surface area contributed by atoms with Gasteiger partial charge in [-0.05, 0) is 55.3 Å². The monoisotopic (exact) mass is 420 g/mol. The van der Waals surface area contributed by atoms with Crippen molar-refractivity contribution in [3.63, 3.8) is 0 Å². The van der Waals surface area contributed by atoms with Crippen LogP contribution >= 0.6 is 0 Å². The van der Waals surface area contributed by atoms with Crippen LogP contribution in [-0.4, -0.2) is 24.6 Å². The first-order valence-electron chi connectivity index (χ1n) is 10.4. The molecule has 0 saturated heterocycles. The summed E-state index contributed by atoms with van der Waals surface area (Å²) >= 11 is 0. The lowest BCUT2D eigenvalue weighted by Gasteiger charge is -2.20. The van der Waals surface area contributed by atoms with E-state index in [4.69, 9.17) is 14.2 Å². The number of carbonyl (C=O) groups excluding carboxylic acids is 1. The molecule has 1 heterocycles. The first kappa shape index (κ1) is 22.2. The summed E-state index contributed by atoms with van der Waals surface area (Å²) in [6, 6.07) is 16.6. The van der Waals surface area contributed by atoms with Gasteiger partial charge >= 0.3 is 0 Å². The first-order valence-corrected chi connectivity index (χ1v) is 10.4. The Morgan fingerprint density at radius 1 is 0.968 bits per heavy atom. The van der Waals surface area contributed by atoms with Gasteiger partial charge in [0.2, 0.25) is 0 Å². The average molecular weight is 421 g/mol. The highest BCUT2D eigenvalue weighted by Crippen LogP contribution is 2.31. The Morgan fingerprint density at radius 3 is 2.45 bits per heavy atom. The van der Waals surface area contributed by atoms with E-state index < -0.39 is 0 Å². The lowest BCUT2D eigenvalue weighted by Crippen LogP contribution is -2.28. The van der Waals surface area contributed by atoms with Gasteiger partial charge in [0, 0.05) is 23.5 Å². The Labute approximate surface area is 183 Å². The summed E-state index contributed by atoms with van der Waals surface area (Å²) in [4.78, 5) is 17.0. The molecule has 0 aliphatic carbocycles. The number of ether oxygens (including phenoxy) is 3. The molecule has 6 heteroatoms. The largest absolute Gasteiger partial charge is 0.496 e. The molecular formula is C25H28N2O4. The van der Waals surface area contributed by atoms with Crippen molar-refractivity contribution in [2.75, 3.05) is 13.7 Å². The fourth-order valence-corrected chi connectivity index (χ4v) is 3.27. The van der Waals surface area contributed by atoms with Crippen LogP contribution in [0.15, 0.2) is 67.0 Å². The van der Waals surface area contributed by atoms with E-state index >= 15 is 0 Å². The highest BCUT2D eigenvalue weighted by atomic mass is 16.5. The highest BCUT2D eigenvalue weighted by Gasteiger charge is 2.19. The smallest absolute Gasteiger partial charge is 0.251 e. The third-order valence-electron chi connectivity index (χ3n) is 4.88. The van der Waals surface area contributed by atoms with E-state index in [1.165, 1.54) is 0 Å². The van der Waals surface area contributed by atoms with Gasteiger partial charge in [-0.1, -0.05) is 25.1 Å². The number of nitrogens with zero attached hydrogens (tertiary/aromatic N) is 1. The Hall–Kier alpha value is -3.54. The Bertz CT molecular complexity index is 992. The van der Waals surface area contributed by atoms with Crippen LogP contribution in [0.2, 0.25) is 0 Å². The number of amides is 1. The third-order valence-corrected chi connectivity index (χ3v) is 4.88. The quantitative estimate of drug-likeness (QED) is 0.503. The first-order chi connectivity index (χ1) is 15.2. The molecule has 6 nitrogen and oxygen atoms in total. The minimum Gasteiger partial charge on any atom is -0.496 e. The number of hydrogen-bond acceptors (Lipinski definition) is 5. The predicted octanol–water partition coefficient (Wildman–Crippen LogP) is 4.95. The molecule has 31 heavy (non-hydrogen) atoms. The third kappa shape index (κ3) is 5.75. The maximum atomic E-state index is 13.0. The van der Waals surface area contributed by atoms with Gasteiger partial charge < -0.3 is 19.5 Å². The van der Waals surface area contributed by atoms with Gasteiger partial charge in [-0.15, -0.1) is 0 Å². The molecule has 0 aliphatic rings. The number of aromatic nitrogens is 1. The zero-order valence-electron chi connectivity index (χ0n) is 18.1. The van der Waals surface area contributed by atoms with E-state index in [0.717, 1.165) is 23.3 Å². The predicted molar refractivity (Wildman–Crippen MR) is 120 cm³/mol. The van der Waals surface area contributed by atoms with E-state index in [1.807, 2.05) is 50.2 Å². The van der Waals surface area contributed by atoms with Crippen LogP contribution in [0, 0.1) is 0 Å². The van der Waals surface area contributed by atoms with Gasteiger partial charge in [-0.2, -0.15) is 0 Å². The minimum atomic E-state index is -0.181. The van der Waals surface area contributed by atoms with Crippen LogP contribution in [0.5, 0.6) is 17.2 Å². The standard InChI is InChI=1S/C25H28N2O4/c1-4-21(20-8-6-7-9-22(20)29-3)27-25(28)19-10-11-23(24(16-19)30-5-2)31-17-18-12-14-26-15-13-18/h6-16,21H,4-5,17H2,1-3H3,(H,27,28). The normalized spacial score (nSPS) is 11.5. The average Bonchev–Trinajstić information content (AvgIpc) is 2.82. The highest BCUT2D eigenvalue weighted by molar-refractivity contribution is 5.95. The second kappa shape index (κ2) is 11.0. The fraction of sp³-hybridized carbons (Fsp3) is 0.280. The molecule has 0 bridgehead atoms. The molecular weight excluding hydrogens is 392 g/mol. The number of hydrogen-bond donors (Lipinski definition) is 1. The molecule has 3 rings (SSSR count). The number of benzene rings is 2. The molecule has 1 N–H and O–H groups in total. The molecule has 0 saturated carbocycles. The van der Waals surface area contributed by atoms with Gasteiger partial charge in [-0.3, -0.25) is 9.78 Å². The van der Waals surface area contributed by atoms with Crippen molar-refractivity contribution in [2.24, 2.45) is 0 Å². The van der Waals surface area contributed by atoms with Crippen molar-refractivity contribution in [2.45, 2.75) is 32.9 Å². The maximum Gasteiger partial charge on any atom is 0.251 e. The van der Waals surface area contributed by atoms with Crippen molar-refractivity contribution in [3.05, 3.63) is 83.7 Å². The summed E-state index contributed by atoms with van der Waals surface area (Å²) in [5.41, 5.74) is 2.46. The van der Waals surface area contributed by atoms with Crippen LogP contribution in [0.4, 0.5) is 0 Å². The summed E-state index contributed by atoms with van der Waals surface area (Å²) < 4.78 is 17.1. The van der Waals surface area contributed by atoms with Gasteiger partial charge in [0.1, 0.15) is 12.4 Å². The lowest BCUT2D eigenvalue weighted by molar-refractivity contribution is 0.0934. The number of para-hydroxylation sites is 1. The molecule has 0 fully saturated rings. The summed E-state index contributed by atoms with van der Waals surface area (Å²) in [5.74, 6) is 1.70. The topological polar surface area (TPSA) is 69.7 Å². The summed E-state index contributed by atoms with van der Waals surface area (Å²) in [5, 5.41) is 3.10. The number of pyridine rings is 1. The second-order valence-electron chi connectivity index (χ2n) is 6.91. The van der Waals surface area contributed by atoms with E-state index in [1.54, 1.807) is 37.7 Å². The molecule has 1 unspecified atom stereocenters. The molecule has 2 aromatic carbocycles. The van der Waals surface area contributed by atoms with Crippen LogP contribution in [0.25, 0.3) is 0 Å². The molecule has 1 amide bonds. The molecule has 162 valence electrons. The Kier molecular flexibility index (Phi) is 7.87.